The van der Waals surface area contributed by atoms with E-state index in [1.807, 2.05) is 11.8 Å². The number of nitrogens with two attached hydrogens (primary N) is 1. The Kier molecular flexibility index (Phi) is 4.97. The van der Waals surface area contributed by atoms with E-state index in [1.54, 1.807) is 0 Å². The van der Waals surface area contributed by atoms with Crippen LogP contribution < -0.4 is 5.73 Å². The first-order valence-electron chi connectivity index (χ1n) is 7.00. The molecular weight excluding hydrogens is 232 g/mol. The fraction of sp³-hybridized carbons (Fsp3) is 0.923. The summed E-state index contributed by atoms with van der Waals surface area (Å²) in [5.41, 5.74) is 5.57. The van der Waals surface area contributed by atoms with Gasteiger partial charge in [0, 0.05) is 26.2 Å². The normalized spacial score (nSPS) is 31.8. The summed E-state index contributed by atoms with van der Waals surface area (Å²) in [4.78, 5) is 14.2. The van der Waals surface area contributed by atoms with Crippen LogP contribution in [0.4, 0.5) is 0 Å². The minimum absolute atomic E-state index is 0.0559. The first-order chi connectivity index (χ1) is 8.74. The Labute approximate surface area is 109 Å². The first-order valence-corrected chi connectivity index (χ1v) is 7.00. The summed E-state index contributed by atoms with van der Waals surface area (Å²) in [5.74, 6) is 0.101. The average molecular weight is 256 g/mol. The number of hydrogen-bond acceptors (Lipinski definition) is 4. The van der Waals surface area contributed by atoms with Crippen LogP contribution in [0, 0.1) is 0 Å². The third-order valence-corrected chi connectivity index (χ3v) is 3.79. The number of carbonyl (C=O) groups is 1. The second-order valence-electron chi connectivity index (χ2n) is 5.07. The molecule has 18 heavy (non-hydrogen) atoms. The van der Waals surface area contributed by atoms with Crippen molar-refractivity contribution in [2.75, 3.05) is 26.2 Å². The molecule has 1 amide bonds. The molecule has 2 fully saturated rings. The van der Waals surface area contributed by atoms with Gasteiger partial charge in [-0.3, -0.25) is 4.79 Å². The van der Waals surface area contributed by atoms with Crippen molar-refractivity contribution >= 4 is 5.91 Å². The maximum Gasteiger partial charge on any atom is 0.251 e. The van der Waals surface area contributed by atoms with Gasteiger partial charge in [0.05, 0.1) is 12.2 Å². The first kappa shape index (κ1) is 13.8. The Morgan fingerprint density at radius 3 is 2.72 bits per heavy atom. The van der Waals surface area contributed by atoms with E-state index in [4.69, 9.17) is 15.2 Å². The SMILES string of the molecule is CCN(CC1CCCO1)C(=O)[C@@H]1CC[C@H](CN)O1. The van der Waals surface area contributed by atoms with Crippen molar-refractivity contribution in [1.82, 2.24) is 4.90 Å². The van der Waals surface area contributed by atoms with Crippen molar-refractivity contribution in [3.63, 3.8) is 0 Å². The molecule has 0 aromatic heterocycles. The summed E-state index contributed by atoms with van der Waals surface area (Å²) in [5, 5.41) is 0. The zero-order valence-electron chi connectivity index (χ0n) is 11.1. The molecule has 0 radical (unpaired) electrons. The molecule has 2 aliphatic heterocycles. The lowest BCUT2D eigenvalue weighted by atomic mass is 10.1. The van der Waals surface area contributed by atoms with Gasteiger partial charge in [-0.1, -0.05) is 0 Å². The monoisotopic (exact) mass is 256 g/mol. The van der Waals surface area contributed by atoms with Gasteiger partial charge in [-0.15, -0.1) is 0 Å². The van der Waals surface area contributed by atoms with Crippen molar-refractivity contribution in [1.29, 1.82) is 0 Å². The highest BCUT2D eigenvalue weighted by Crippen LogP contribution is 2.22. The van der Waals surface area contributed by atoms with Crippen LogP contribution in [0.5, 0.6) is 0 Å². The van der Waals surface area contributed by atoms with Crippen LogP contribution in [0.2, 0.25) is 0 Å². The van der Waals surface area contributed by atoms with Gasteiger partial charge in [0.1, 0.15) is 6.10 Å². The van der Waals surface area contributed by atoms with Gasteiger partial charge in [-0.05, 0) is 32.6 Å². The summed E-state index contributed by atoms with van der Waals surface area (Å²) >= 11 is 0. The molecule has 5 nitrogen and oxygen atoms in total. The molecule has 2 saturated heterocycles. The molecule has 0 aliphatic carbocycles. The van der Waals surface area contributed by atoms with Crippen molar-refractivity contribution in [3.8, 4) is 0 Å². The number of amides is 1. The van der Waals surface area contributed by atoms with Crippen molar-refractivity contribution < 1.29 is 14.3 Å². The summed E-state index contributed by atoms with van der Waals surface area (Å²) < 4.78 is 11.2. The number of ether oxygens (including phenoxy) is 2. The van der Waals surface area contributed by atoms with E-state index in [2.05, 4.69) is 0 Å². The molecule has 0 spiro atoms. The van der Waals surface area contributed by atoms with Crippen molar-refractivity contribution in [3.05, 3.63) is 0 Å². The highest BCUT2D eigenvalue weighted by atomic mass is 16.5. The second-order valence-corrected chi connectivity index (χ2v) is 5.07. The Hall–Kier alpha value is -0.650. The molecule has 0 bridgehead atoms. The van der Waals surface area contributed by atoms with Crippen LogP contribution >= 0.6 is 0 Å². The van der Waals surface area contributed by atoms with E-state index in [-0.39, 0.29) is 24.2 Å². The minimum atomic E-state index is -0.292. The quantitative estimate of drug-likeness (QED) is 0.779. The van der Waals surface area contributed by atoms with Crippen LogP contribution in [0.1, 0.15) is 32.6 Å². The molecule has 1 unspecified atom stereocenters. The number of carbonyl (C=O) groups excluding carboxylic acids is 1. The largest absolute Gasteiger partial charge is 0.376 e. The highest BCUT2D eigenvalue weighted by Gasteiger charge is 2.33. The van der Waals surface area contributed by atoms with Gasteiger partial charge < -0.3 is 20.1 Å². The van der Waals surface area contributed by atoms with E-state index in [0.29, 0.717) is 19.6 Å². The Morgan fingerprint density at radius 2 is 2.17 bits per heavy atom. The van der Waals surface area contributed by atoms with Gasteiger partial charge in [0.15, 0.2) is 0 Å². The van der Waals surface area contributed by atoms with Gasteiger partial charge in [-0.25, -0.2) is 0 Å². The fourth-order valence-corrected chi connectivity index (χ4v) is 2.67. The molecule has 2 rings (SSSR count). The molecule has 2 aliphatic rings. The molecule has 2 heterocycles. The lowest BCUT2D eigenvalue weighted by molar-refractivity contribution is -0.144. The van der Waals surface area contributed by atoms with E-state index in [1.165, 1.54) is 0 Å². The molecule has 0 aromatic carbocycles. The second kappa shape index (κ2) is 6.50. The van der Waals surface area contributed by atoms with Crippen LogP contribution in [0.25, 0.3) is 0 Å². The summed E-state index contributed by atoms with van der Waals surface area (Å²) in [7, 11) is 0. The molecule has 0 aromatic rings. The lowest BCUT2D eigenvalue weighted by Gasteiger charge is -2.26. The smallest absolute Gasteiger partial charge is 0.251 e. The molecule has 5 heteroatoms. The third-order valence-electron chi connectivity index (χ3n) is 3.79. The number of hydrogen-bond donors (Lipinski definition) is 1. The molecule has 3 atom stereocenters. The van der Waals surface area contributed by atoms with Gasteiger partial charge in [0.2, 0.25) is 0 Å². The maximum atomic E-state index is 12.3. The Balaban J connectivity index is 1.85. The standard InChI is InChI=1S/C13H24N2O3/c1-2-15(9-11-4-3-7-17-11)13(16)12-6-5-10(8-14)18-12/h10-12H,2-9,14H2,1H3/t10-,11?,12+/m1/s1. The summed E-state index contributed by atoms with van der Waals surface area (Å²) in [6.45, 7) is 4.74. The highest BCUT2D eigenvalue weighted by molar-refractivity contribution is 5.81. The third kappa shape index (κ3) is 3.22. The predicted octanol–water partition coefficient (Wildman–Crippen LogP) is 0.520. The molecule has 2 N–H and O–H groups in total. The van der Waals surface area contributed by atoms with Crippen LogP contribution in [-0.2, 0) is 14.3 Å². The lowest BCUT2D eigenvalue weighted by Crippen LogP contribution is -2.43. The van der Waals surface area contributed by atoms with E-state index < -0.39 is 0 Å². The fourth-order valence-electron chi connectivity index (χ4n) is 2.67. The van der Waals surface area contributed by atoms with Gasteiger partial charge >= 0.3 is 0 Å². The molecular formula is C13H24N2O3. The number of likely N-dealkylation sites (N-methyl/N-ethyl adjacent to an activating group) is 1. The minimum Gasteiger partial charge on any atom is -0.376 e. The topological polar surface area (TPSA) is 64.8 Å². The Morgan fingerprint density at radius 1 is 1.33 bits per heavy atom. The van der Waals surface area contributed by atoms with Crippen LogP contribution in [-0.4, -0.2) is 55.4 Å². The van der Waals surface area contributed by atoms with E-state index in [9.17, 15) is 4.79 Å². The average Bonchev–Trinajstić information content (AvgIpc) is 3.06. The van der Waals surface area contributed by atoms with Crippen LogP contribution in [0.3, 0.4) is 0 Å². The van der Waals surface area contributed by atoms with E-state index >= 15 is 0 Å². The van der Waals surface area contributed by atoms with Crippen LogP contribution in [0.15, 0.2) is 0 Å². The summed E-state index contributed by atoms with van der Waals surface area (Å²) in [6, 6.07) is 0. The number of nitrogens with zero attached hydrogens (tertiary/aromatic N) is 1. The molecule has 104 valence electrons. The van der Waals surface area contributed by atoms with Gasteiger partial charge in [-0.2, -0.15) is 0 Å². The zero-order chi connectivity index (χ0) is 13.0. The zero-order valence-corrected chi connectivity index (χ0v) is 11.1. The van der Waals surface area contributed by atoms with Crippen molar-refractivity contribution in [2.24, 2.45) is 5.73 Å². The number of rotatable bonds is 5. The van der Waals surface area contributed by atoms with Gasteiger partial charge in [0.25, 0.3) is 5.91 Å². The maximum absolute atomic E-state index is 12.3. The molecule has 0 saturated carbocycles. The van der Waals surface area contributed by atoms with Crippen molar-refractivity contribution in [2.45, 2.75) is 50.9 Å². The Bertz CT molecular complexity index is 279. The predicted molar refractivity (Wildman–Crippen MR) is 68.2 cm³/mol. The summed E-state index contributed by atoms with van der Waals surface area (Å²) in [6.07, 6.45) is 3.82. The van der Waals surface area contributed by atoms with E-state index in [0.717, 1.165) is 32.3 Å².